The van der Waals surface area contributed by atoms with Crippen molar-refractivity contribution in [1.82, 2.24) is 25.2 Å². The maximum Gasteiger partial charge on any atom is 0.410 e. The van der Waals surface area contributed by atoms with Crippen molar-refractivity contribution < 1.29 is 41.9 Å². The van der Waals surface area contributed by atoms with Crippen LogP contribution in [0.5, 0.6) is 0 Å². The molecule has 3 N–H and O–H groups in total. The first-order valence-corrected chi connectivity index (χ1v) is 22.2. The molecule has 2 aromatic rings. The van der Waals surface area contributed by atoms with Crippen LogP contribution < -0.4 is 15.4 Å². The SMILES string of the molecule is O=C(N[C@H]1CCCCCC=C[C@@H]2C[C@@]2(C(=O)NS(=O)(=O)c2cc(Cl)sc2Cl)NC(=O)[C@@H]2C[C@@H](OC(=O)N3Cc4cccc(Cl)c4C3)CN2C1=O)OC1CCCC1. The number of allylic oxidation sites excluding steroid dienone is 1. The number of halogens is 3. The molecule has 1 aromatic carbocycles. The average Bonchev–Trinajstić information content (AvgIpc) is 3.70. The van der Waals surface area contributed by atoms with E-state index < -0.39 is 69.6 Å². The Bertz CT molecular complexity index is 2040. The third-order valence-corrected chi connectivity index (χ3v) is 14.5. The Kier molecular flexibility index (Phi) is 12.1. The summed E-state index contributed by atoms with van der Waals surface area (Å²) >= 11 is 19.3. The molecule has 302 valence electrons. The van der Waals surface area contributed by atoms with Crippen molar-refractivity contribution in [3.05, 3.63) is 61.2 Å². The van der Waals surface area contributed by atoms with Crippen molar-refractivity contribution in [3.8, 4) is 0 Å². The Hall–Kier alpha value is -3.57. The Morgan fingerprint density at radius 2 is 1.73 bits per heavy atom. The zero-order valence-corrected chi connectivity index (χ0v) is 34.2. The van der Waals surface area contributed by atoms with Crippen molar-refractivity contribution in [3.63, 3.8) is 0 Å². The van der Waals surface area contributed by atoms with Gasteiger partial charge in [-0.25, -0.2) is 22.7 Å². The lowest BCUT2D eigenvalue weighted by molar-refractivity contribution is -0.141. The molecule has 19 heteroatoms. The molecule has 0 bridgehead atoms. The highest BCUT2D eigenvalue weighted by Gasteiger charge is 2.62. The smallest absolute Gasteiger partial charge is 0.410 e. The summed E-state index contributed by atoms with van der Waals surface area (Å²) in [6.07, 6.45) is 7.37. The van der Waals surface area contributed by atoms with Crippen LogP contribution in [-0.2, 0) is 47.0 Å². The van der Waals surface area contributed by atoms with Crippen LogP contribution >= 0.6 is 46.1 Å². The van der Waals surface area contributed by atoms with E-state index in [-0.39, 0.29) is 58.6 Å². The second-order valence-electron chi connectivity index (χ2n) is 15.0. The molecule has 2 aliphatic carbocycles. The molecule has 3 aliphatic heterocycles. The third-order valence-electron chi connectivity index (χ3n) is 11.1. The minimum atomic E-state index is -4.49. The zero-order valence-electron chi connectivity index (χ0n) is 30.3. The molecule has 0 unspecified atom stereocenters. The summed E-state index contributed by atoms with van der Waals surface area (Å²) < 4.78 is 40.2. The average molecular weight is 871 g/mol. The van der Waals surface area contributed by atoms with E-state index >= 15 is 0 Å². The van der Waals surface area contributed by atoms with E-state index in [0.717, 1.165) is 67.1 Å². The zero-order chi connectivity index (χ0) is 39.8. The number of nitrogens with zero attached hydrogens (tertiary/aromatic N) is 2. The van der Waals surface area contributed by atoms with Gasteiger partial charge in [-0.05, 0) is 74.6 Å². The highest BCUT2D eigenvalue weighted by atomic mass is 35.5. The van der Waals surface area contributed by atoms with Crippen LogP contribution in [0.1, 0.15) is 81.8 Å². The summed E-state index contributed by atoms with van der Waals surface area (Å²) in [7, 11) is -4.49. The summed E-state index contributed by atoms with van der Waals surface area (Å²) in [6.45, 7) is 0.316. The monoisotopic (exact) mass is 869 g/mol. The fourth-order valence-corrected chi connectivity index (χ4v) is 11.4. The van der Waals surface area contributed by atoms with Gasteiger partial charge in [-0.1, -0.05) is 71.9 Å². The lowest BCUT2D eigenvalue weighted by atomic mass is 10.0. The summed E-state index contributed by atoms with van der Waals surface area (Å²) in [5.74, 6) is -2.86. The van der Waals surface area contributed by atoms with Crippen molar-refractivity contribution in [2.45, 2.75) is 118 Å². The van der Waals surface area contributed by atoms with Crippen molar-refractivity contribution in [1.29, 1.82) is 0 Å². The van der Waals surface area contributed by atoms with Gasteiger partial charge < -0.3 is 25.0 Å². The topological polar surface area (TPSA) is 181 Å². The molecule has 7 rings (SSSR count). The number of hydrogen-bond acceptors (Lipinski definition) is 10. The number of nitrogens with one attached hydrogen (secondary N) is 3. The van der Waals surface area contributed by atoms with E-state index in [0.29, 0.717) is 17.9 Å². The Morgan fingerprint density at radius 3 is 2.46 bits per heavy atom. The predicted octanol–water partition coefficient (Wildman–Crippen LogP) is 6.07. The Labute approximate surface area is 343 Å². The van der Waals surface area contributed by atoms with Gasteiger partial charge in [0.1, 0.15) is 39.1 Å². The molecule has 5 amide bonds. The summed E-state index contributed by atoms with van der Waals surface area (Å²) in [4.78, 5) is 71.7. The molecule has 14 nitrogen and oxygen atoms in total. The third kappa shape index (κ3) is 8.79. The number of amides is 5. The molecule has 0 radical (unpaired) electrons. The highest BCUT2D eigenvalue weighted by Crippen LogP contribution is 2.46. The van der Waals surface area contributed by atoms with Gasteiger partial charge >= 0.3 is 12.2 Å². The maximum atomic E-state index is 14.5. The molecular weight excluding hydrogens is 829 g/mol. The van der Waals surface area contributed by atoms with Gasteiger partial charge in [0.25, 0.3) is 15.9 Å². The number of ether oxygens (including phenoxy) is 2. The number of sulfonamides is 1. The summed E-state index contributed by atoms with van der Waals surface area (Å²) in [6, 6.07) is 4.24. The lowest BCUT2D eigenvalue weighted by Crippen LogP contribution is -2.58. The molecule has 4 heterocycles. The first-order valence-electron chi connectivity index (χ1n) is 18.7. The number of carbonyl (C=O) groups excluding carboxylic acids is 5. The minimum Gasteiger partial charge on any atom is -0.446 e. The molecule has 5 aliphatic rings. The molecule has 5 atom stereocenters. The highest BCUT2D eigenvalue weighted by molar-refractivity contribution is 7.90. The van der Waals surface area contributed by atoms with Crippen LogP contribution in [0.3, 0.4) is 0 Å². The van der Waals surface area contributed by atoms with Crippen LogP contribution in [0.2, 0.25) is 13.7 Å². The fourth-order valence-electron chi connectivity index (χ4n) is 8.00. The number of carbonyl (C=O) groups is 5. The molecule has 56 heavy (non-hydrogen) atoms. The summed E-state index contributed by atoms with van der Waals surface area (Å²) in [5.41, 5.74) is 0.00517. The number of benzene rings is 1. The number of thiophene rings is 1. The summed E-state index contributed by atoms with van der Waals surface area (Å²) in [5, 5.41) is 6.05. The normalized spacial score (nSPS) is 27.0. The van der Waals surface area contributed by atoms with Crippen LogP contribution in [-0.4, -0.2) is 84.5 Å². The van der Waals surface area contributed by atoms with Gasteiger partial charge in [-0.3, -0.25) is 19.3 Å². The molecule has 1 saturated heterocycles. The van der Waals surface area contributed by atoms with Crippen LogP contribution in [0.15, 0.2) is 41.3 Å². The standard InChI is InChI=1S/C37H42Cl3N5O9S2/c38-26-13-8-9-21-18-44(20-25(21)26)36(50)54-24-15-28-32(46)42-37(34(48)43-56(51,52)29-16-30(39)55-31(29)40)17-22(37)10-4-2-1-3-5-14-27(33(47)45(28)19-24)41-35(49)53-23-11-6-7-12-23/h4,8-10,13,16,22-24,27-28H,1-3,5-7,11-12,14-15,17-20H2,(H,41,49)(H,42,46)(H,43,48)/t22-,24-,27+,28+,37-/m1/s1. The first kappa shape index (κ1) is 40.6. The van der Waals surface area contributed by atoms with Gasteiger partial charge in [0, 0.05) is 23.9 Å². The van der Waals surface area contributed by atoms with Crippen molar-refractivity contribution >= 4 is 86.1 Å². The van der Waals surface area contributed by atoms with Crippen LogP contribution in [0.25, 0.3) is 0 Å². The van der Waals surface area contributed by atoms with Crippen molar-refractivity contribution in [2.75, 3.05) is 6.54 Å². The van der Waals surface area contributed by atoms with Crippen LogP contribution in [0.4, 0.5) is 9.59 Å². The van der Waals surface area contributed by atoms with Gasteiger partial charge in [0.2, 0.25) is 11.8 Å². The number of hydrogen-bond donors (Lipinski definition) is 3. The largest absolute Gasteiger partial charge is 0.446 e. The molecule has 0 spiro atoms. The quantitative estimate of drug-likeness (QED) is 0.291. The Morgan fingerprint density at radius 1 is 0.964 bits per heavy atom. The van der Waals surface area contributed by atoms with E-state index in [1.54, 1.807) is 18.2 Å². The fraction of sp³-hybridized carbons (Fsp3) is 0.541. The van der Waals surface area contributed by atoms with Crippen molar-refractivity contribution in [2.24, 2.45) is 5.92 Å². The second-order valence-corrected chi connectivity index (χ2v) is 19.3. The second kappa shape index (κ2) is 16.7. The molecule has 2 saturated carbocycles. The van der Waals surface area contributed by atoms with Gasteiger partial charge in [0.05, 0.1) is 17.4 Å². The molecule has 1 aromatic heterocycles. The maximum absolute atomic E-state index is 14.5. The van der Waals surface area contributed by atoms with E-state index in [1.807, 2.05) is 12.1 Å². The van der Waals surface area contributed by atoms with E-state index in [9.17, 15) is 32.4 Å². The number of fused-ring (bicyclic) bond motifs is 3. The number of alkyl carbamates (subject to hydrolysis) is 1. The van der Waals surface area contributed by atoms with Gasteiger partial charge in [0.15, 0.2) is 0 Å². The first-order chi connectivity index (χ1) is 26.7. The molecular formula is C37H42Cl3N5O9S2. The lowest BCUT2D eigenvalue weighted by Gasteiger charge is -2.30. The van der Waals surface area contributed by atoms with E-state index in [1.165, 1.54) is 9.80 Å². The predicted molar refractivity (Wildman–Crippen MR) is 208 cm³/mol. The molecule has 3 fully saturated rings. The van der Waals surface area contributed by atoms with E-state index in [2.05, 4.69) is 15.4 Å². The van der Waals surface area contributed by atoms with Gasteiger partial charge in [-0.15, -0.1) is 11.3 Å². The van der Waals surface area contributed by atoms with Crippen LogP contribution in [0, 0.1) is 5.92 Å². The minimum absolute atomic E-state index is 0.0864. The number of rotatable bonds is 6. The van der Waals surface area contributed by atoms with Gasteiger partial charge in [-0.2, -0.15) is 0 Å². The van der Waals surface area contributed by atoms with E-state index in [4.69, 9.17) is 44.3 Å². The Balaban J connectivity index is 1.14.